The average Bonchev–Trinajstić information content (AvgIpc) is 2.25. The topological polar surface area (TPSA) is 66.5 Å². The summed E-state index contributed by atoms with van der Waals surface area (Å²) in [4.78, 5) is 1.68. The van der Waals surface area contributed by atoms with Crippen LogP contribution in [0.15, 0.2) is 52.3 Å². The zero-order chi connectivity index (χ0) is 11.5. The monoisotopic (exact) mass is 233 g/mol. The van der Waals surface area contributed by atoms with Gasteiger partial charge in [-0.1, -0.05) is 11.8 Å². The Morgan fingerprint density at radius 2 is 1.62 bits per heavy atom. The van der Waals surface area contributed by atoms with Crippen molar-refractivity contribution in [2.75, 3.05) is 5.73 Å². The van der Waals surface area contributed by atoms with Gasteiger partial charge in [0.15, 0.2) is 0 Å². The summed E-state index contributed by atoms with van der Waals surface area (Å²) in [5.74, 6) is 0.393. The van der Waals surface area contributed by atoms with Gasteiger partial charge in [-0.05, 0) is 36.4 Å². The van der Waals surface area contributed by atoms with Gasteiger partial charge in [0, 0.05) is 16.6 Å². The summed E-state index contributed by atoms with van der Waals surface area (Å²) >= 11 is 1.41. The first kappa shape index (κ1) is 10.7. The second kappa shape index (κ2) is 4.37. The number of rotatable bonds is 2. The standard InChI is InChI=1S/C12H11NO2S/c13-8-1-6-12(11(15)7-8)16-10-4-2-9(14)3-5-10/h1-7,14-15H,13H2. The summed E-state index contributed by atoms with van der Waals surface area (Å²) in [6.07, 6.45) is 0. The first-order valence-electron chi connectivity index (χ1n) is 4.70. The molecule has 0 bridgehead atoms. The van der Waals surface area contributed by atoms with Crippen LogP contribution in [0, 0.1) is 0 Å². The van der Waals surface area contributed by atoms with Gasteiger partial charge in [-0.3, -0.25) is 0 Å². The molecule has 0 spiro atoms. The number of benzene rings is 2. The Labute approximate surface area is 97.5 Å². The van der Waals surface area contributed by atoms with Gasteiger partial charge in [-0.15, -0.1) is 0 Å². The molecule has 82 valence electrons. The third-order valence-electron chi connectivity index (χ3n) is 2.05. The number of anilines is 1. The van der Waals surface area contributed by atoms with Crippen LogP contribution < -0.4 is 5.73 Å². The van der Waals surface area contributed by atoms with Crippen LogP contribution >= 0.6 is 11.8 Å². The van der Waals surface area contributed by atoms with Crippen molar-refractivity contribution in [3.63, 3.8) is 0 Å². The molecule has 0 saturated carbocycles. The highest BCUT2D eigenvalue weighted by atomic mass is 32.2. The lowest BCUT2D eigenvalue weighted by Gasteiger charge is -2.05. The molecule has 4 N–H and O–H groups in total. The highest BCUT2D eigenvalue weighted by Gasteiger charge is 2.03. The number of aromatic hydroxyl groups is 2. The Morgan fingerprint density at radius 3 is 2.25 bits per heavy atom. The summed E-state index contributed by atoms with van der Waals surface area (Å²) in [7, 11) is 0. The molecular weight excluding hydrogens is 222 g/mol. The minimum atomic E-state index is 0.165. The molecule has 0 radical (unpaired) electrons. The molecule has 16 heavy (non-hydrogen) atoms. The molecular formula is C12H11NO2S. The predicted octanol–water partition coefficient (Wildman–Crippen LogP) is 2.83. The van der Waals surface area contributed by atoms with E-state index in [-0.39, 0.29) is 11.5 Å². The quantitative estimate of drug-likeness (QED) is 0.698. The van der Waals surface area contributed by atoms with Crippen molar-refractivity contribution >= 4 is 17.4 Å². The second-order valence-corrected chi connectivity index (χ2v) is 4.44. The van der Waals surface area contributed by atoms with Gasteiger partial charge in [0.25, 0.3) is 0 Å². The Balaban J connectivity index is 2.23. The fourth-order valence-electron chi connectivity index (χ4n) is 1.26. The third kappa shape index (κ3) is 2.41. The molecule has 3 nitrogen and oxygen atoms in total. The van der Waals surface area contributed by atoms with Crippen LogP contribution in [0.3, 0.4) is 0 Å². The molecule has 0 heterocycles. The van der Waals surface area contributed by atoms with E-state index in [4.69, 9.17) is 10.8 Å². The zero-order valence-corrected chi connectivity index (χ0v) is 9.24. The lowest BCUT2D eigenvalue weighted by Crippen LogP contribution is -1.84. The number of nitrogens with two attached hydrogens (primary N) is 1. The molecule has 0 atom stereocenters. The maximum atomic E-state index is 9.66. The summed E-state index contributed by atoms with van der Waals surface area (Å²) < 4.78 is 0. The fraction of sp³-hybridized carbons (Fsp3) is 0. The van der Waals surface area contributed by atoms with Crippen molar-refractivity contribution in [2.24, 2.45) is 0 Å². The third-order valence-corrected chi connectivity index (χ3v) is 3.12. The zero-order valence-electron chi connectivity index (χ0n) is 8.42. The minimum absolute atomic E-state index is 0.165. The Hall–Kier alpha value is -1.81. The first-order chi connectivity index (χ1) is 7.65. The summed E-state index contributed by atoms with van der Waals surface area (Å²) in [5.41, 5.74) is 6.07. The van der Waals surface area contributed by atoms with E-state index in [1.54, 1.807) is 36.4 Å². The SMILES string of the molecule is Nc1ccc(Sc2ccc(O)cc2)c(O)c1. The Kier molecular flexibility index (Phi) is 2.92. The molecule has 2 aromatic carbocycles. The molecule has 0 saturated heterocycles. The number of hydrogen-bond acceptors (Lipinski definition) is 4. The van der Waals surface area contributed by atoms with Gasteiger partial charge in [0.2, 0.25) is 0 Å². The van der Waals surface area contributed by atoms with Crippen LogP contribution in [-0.4, -0.2) is 10.2 Å². The molecule has 0 aromatic heterocycles. The van der Waals surface area contributed by atoms with Gasteiger partial charge < -0.3 is 15.9 Å². The van der Waals surface area contributed by atoms with E-state index in [0.29, 0.717) is 5.69 Å². The highest BCUT2D eigenvalue weighted by Crippen LogP contribution is 2.35. The second-order valence-electron chi connectivity index (χ2n) is 3.32. The van der Waals surface area contributed by atoms with Crippen molar-refractivity contribution < 1.29 is 10.2 Å². The Bertz CT molecular complexity index is 497. The summed E-state index contributed by atoms with van der Waals surface area (Å²) in [6, 6.07) is 11.8. The van der Waals surface area contributed by atoms with Gasteiger partial charge in [0.1, 0.15) is 11.5 Å². The van der Waals surface area contributed by atoms with E-state index in [0.717, 1.165) is 9.79 Å². The van der Waals surface area contributed by atoms with Crippen molar-refractivity contribution in [3.05, 3.63) is 42.5 Å². The van der Waals surface area contributed by atoms with Crippen molar-refractivity contribution in [1.82, 2.24) is 0 Å². The summed E-state index contributed by atoms with van der Waals surface area (Å²) in [6.45, 7) is 0. The lowest BCUT2D eigenvalue weighted by atomic mass is 10.3. The molecule has 4 heteroatoms. The van der Waals surface area contributed by atoms with Crippen LogP contribution in [0.25, 0.3) is 0 Å². The highest BCUT2D eigenvalue weighted by molar-refractivity contribution is 7.99. The normalized spacial score (nSPS) is 10.2. The molecule has 0 aliphatic rings. The number of phenols is 2. The number of phenolic OH excluding ortho intramolecular Hbond substituents is 2. The number of nitrogen functional groups attached to an aromatic ring is 1. The predicted molar refractivity (Wildman–Crippen MR) is 64.7 cm³/mol. The van der Waals surface area contributed by atoms with Gasteiger partial charge >= 0.3 is 0 Å². The van der Waals surface area contributed by atoms with Gasteiger partial charge in [0.05, 0.1) is 4.90 Å². The molecule has 0 aliphatic carbocycles. The van der Waals surface area contributed by atoms with Crippen molar-refractivity contribution in [3.8, 4) is 11.5 Å². The maximum absolute atomic E-state index is 9.66. The molecule has 0 fully saturated rings. The van der Waals surface area contributed by atoms with E-state index >= 15 is 0 Å². The van der Waals surface area contributed by atoms with E-state index < -0.39 is 0 Å². The smallest absolute Gasteiger partial charge is 0.131 e. The average molecular weight is 233 g/mol. The molecule has 0 amide bonds. The van der Waals surface area contributed by atoms with Crippen LogP contribution in [0.5, 0.6) is 11.5 Å². The molecule has 2 rings (SSSR count). The van der Waals surface area contributed by atoms with Crippen LogP contribution in [0.2, 0.25) is 0 Å². The molecule has 2 aromatic rings. The van der Waals surface area contributed by atoms with Crippen molar-refractivity contribution in [2.45, 2.75) is 9.79 Å². The molecule has 0 unspecified atom stereocenters. The van der Waals surface area contributed by atoms with Crippen molar-refractivity contribution in [1.29, 1.82) is 0 Å². The lowest BCUT2D eigenvalue weighted by molar-refractivity contribution is 0.463. The van der Waals surface area contributed by atoms with Crippen LogP contribution in [0.4, 0.5) is 5.69 Å². The van der Waals surface area contributed by atoms with E-state index in [1.165, 1.54) is 17.8 Å². The Morgan fingerprint density at radius 1 is 0.938 bits per heavy atom. The van der Waals surface area contributed by atoms with Crippen LogP contribution in [-0.2, 0) is 0 Å². The van der Waals surface area contributed by atoms with E-state index in [9.17, 15) is 5.11 Å². The minimum Gasteiger partial charge on any atom is -0.508 e. The largest absolute Gasteiger partial charge is 0.508 e. The maximum Gasteiger partial charge on any atom is 0.131 e. The van der Waals surface area contributed by atoms with Gasteiger partial charge in [-0.2, -0.15) is 0 Å². The van der Waals surface area contributed by atoms with Gasteiger partial charge in [-0.25, -0.2) is 0 Å². The van der Waals surface area contributed by atoms with E-state index in [2.05, 4.69) is 0 Å². The fourth-order valence-corrected chi connectivity index (χ4v) is 2.09. The molecule has 0 aliphatic heterocycles. The summed E-state index contributed by atoms with van der Waals surface area (Å²) in [5, 5.41) is 18.8. The number of hydrogen-bond donors (Lipinski definition) is 3. The first-order valence-corrected chi connectivity index (χ1v) is 5.52. The van der Waals surface area contributed by atoms with E-state index in [1.807, 2.05) is 0 Å². The van der Waals surface area contributed by atoms with Crippen LogP contribution in [0.1, 0.15) is 0 Å².